The molecule has 0 saturated carbocycles. The minimum Gasteiger partial charge on any atom is -0.397 e. The van der Waals surface area contributed by atoms with E-state index in [2.05, 4.69) is 6.07 Å². The van der Waals surface area contributed by atoms with Gasteiger partial charge in [0.1, 0.15) is 0 Å². The van der Waals surface area contributed by atoms with Gasteiger partial charge in [-0.2, -0.15) is 5.26 Å². The summed E-state index contributed by atoms with van der Waals surface area (Å²) in [4.78, 5) is 12.0. The van der Waals surface area contributed by atoms with Crippen molar-refractivity contribution in [2.75, 3.05) is 23.7 Å². The number of nitriles is 1. The van der Waals surface area contributed by atoms with Crippen molar-refractivity contribution < 1.29 is 4.92 Å². The molecule has 0 aromatic heterocycles. The number of anilines is 2. The molecule has 0 unspecified atom stereocenters. The van der Waals surface area contributed by atoms with Crippen molar-refractivity contribution >= 4 is 17.1 Å². The summed E-state index contributed by atoms with van der Waals surface area (Å²) in [7, 11) is 0. The standard InChI is InChI=1S/C11H14N4O2/c1-2-14(7-3-6-12)11-5-4-9(15(16)17)8-10(11)13/h4-5,8H,2-3,7,13H2,1H3. The van der Waals surface area contributed by atoms with Crippen LogP contribution in [0, 0.1) is 21.4 Å². The van der Waals surface area contributed by atoms with E-state index in [0.29, 0.717) is 25.2 Å². The van der Waals surface area contributed by atoms with Crippen LogP contribution in [0.15, 0.2) is 18.2 Å². The summed E-state index contributed by atoms with van der Waals surface area (Å²) in [6, 6.07) is 6.44. The summed E-state index contributed by atoms with van der Waals surface area (Å²) >= 11 is 0. The van der Waals surface area contributed by atoms with Crippen LogP contribution in [0.3, 0.4) is 0 Å². The molecular weight excluding hydrogens is 220 g/mol. The number of benzene rings is 1. The first-order valence-corrected chi connectivity index (χ1v) is 5.26. The number of nitrogen functional groups attached to an aromatic ring is 1. The molecule has 0 amide bonds. The van der Waals surface area contributed by atoms with Gasteiger partial charge in [0.05, 0.1) is 28.8 Å². The average Bonchev–Trinajstić information content (AvgIpc) is 2.31. The third kappa shape index (κ3) is 3.08. The zero-order chi connectivity index (χ0) is 12.8. The Kier molecular flexibility index (Phi) is 4.29. The lowest BCUT2D eigenvalue weighted by atomic mass is 10.2. The molecule has 90 valence electrons. The van der Waals surface area contributed by atoms with Crippen molar-refractivity contribution in [3.05, 3.63) is 28.3 Å². The van der Waals surface area contributed by atoms with Gasteiger partial charge in [-0.25, -0.2) is 0 Å². The molecule has 0 aliphatic heterocycles. The van der Waals surface area contributed by atoms with Gasteiger partial charge < -0.3 is 10.6 Å². The van der Waals surface area contributed by atoms with E-state index in [1.54, 1.807) is 6.07 Å². The van der Waals surface area contributed by atoms with Gasteiger partial charge in [-0.3, -0.25) is 10.1 Å². The number of nitro groups is 1. The smallest absolute Gasteiger partial charge is 0.271 e. The number of non-ortho nitro benzene ring substituents is 1. The van der Waals surface area contributed by atoms with Crippen molar-refractivity contribution in [1.82, 2.24) is 0 Å². The summed E-state index contributed by atoms with van der Waals surface area (Å²) < 4.78 is 0. The van der Waals surface area contributed by atoms with Gasteiger partial charge in [-0.1, -0.05) is 0 Å². The number of hydrogen-bond donors (Lipinski definition) is 1. The van der Waals surface area contributed by atoms with Crippen LogP contribution < -0.4 is 10.6 Å². The predicted octanol–water partition coefficient (Wildman–Crippen LogP) is 1.92. The van der Waals surface area contributed by atoms with Gasteiger partial charge in [0.25, 0.3) is 5.69 Å². The van der Waals surface area contributed by atoms with E-state index in [-0.39, 0.29) is 5.69 Å². The first kappa shape index (κ1) is 12.8. The molecule has 0 atom stereocenters. The molecule has 0 bridgehead atoms. The van der Waals surface area contributed by atoms with Crippen LogP contribution in [0.2, 0.25) is 0 Å². The zero-order valence-corrected chi connectivity index (χ0v) is 9.59. The van der Waals surface area contributed by atoms with E-state index in [4.69, 9.17) is 11.0 Å². The average molecular weight is 234 g/mol. The maximum absolute atomic E-state index is 10.6. The molecular formula is C11H14N4O2. The zero-order valence-electron chi connectivity index (χ0n) is 9.59. The third-order valence-corrected chi connectivity index (χ3v) is 2.44. The quantitative estimate of drug-likeness (QED) is 0.477. The highest BCUT2D eigenvalue weighted by atomic mass is 16.6. The van der Waals surface area contributed by atoms with Gasteiger partial charge >= 0.3 is 0 Å². The van der Waals surface area contributed by atoms with Crippen molar-refractivity contribution in [2.45, 2.75) is 13.3 Å². The van der Waals surface area contributed by atoms with Crippen molar-refractivity contribution in [3.63, 3.8) is 0 Å². The van der Waals surface area contributed by atoms with E-state index < -0.39 is 4.92 Å². The van der Waals surface area contributed by atoms with Crippen LogP contribution in [0.25, 0.3) is 0 Å². The highest BCUT2D eigenvalue weighted by molar-refractivity contribution is 5.70. The molecule has 0 spiro atoms. The molecule has 0 radical (unpaired) electrons. The van der Waals surface area contributed by atoms with Crippen LogP contribution in [-0.4, -0.2) is 18.0 Å². The van der Waals surface area contributed by atoms with Crippen LogP contribution in [0.4, 0.5) is 17.1 Å². The van der Waals surface area contributed by atoms with Crippen molar-refractivity contribution in [2.24, 2.45) is 0 Å². The van der Waals surface area contributed by atoms with E-state index in [1.807, 2.05) is 11.8 Å². The fourth-order valence-corrected chi connectivity index (χ4v) is 1.58. The fraction of sp³-hybridized carbons (Fsp3) is 0.364. The van der Waals surface area contributed by atoms with Crippen LogP contribution in [0.1, 0.15) is 13.3 Å². The minimum atomic E-state index is -0.480. The Morgan fingerprint density at radius 1 is 1.59 bits per heavy atom. The number of nitrogens with two attached hydrogens (primary N) is 1. The molecule has 6 heteroatoms. The monoisotopic (exact) mass is 234 g/mol. The Bertz CT molecular complexity index is 453. The maximum Gasteiger partial charge on any atom is 0.271 e. The lowest BCUT2D eigenvalue weighted by Gasteiger charge is -2.23. The first-order chi connectivity index (χ1) is 8.10. The lowest BCUT2D eigenvalue weighted by Crippen LogP contribution is -2.24. The molecule has 0 aliphatic rings. The summed E-state index contributed by atoms with van der Waals surface area (Å²) in [5.41, 5.74) is 6.84. The molecule has 1 aromatic carbocycles. The molecule has 17 heavy (non-hydrogen) atoms. The number of nitro benzene ring substituents is 1. The molecule has 2 N–H and O–H groups in total. The molecule has 6 nitrogen and oxygen atoms in total. The topological polar surface area (TPSA) is 96.2 Å². The second kappa shape index (κ2) is 5.70. The SMILES string of the molecule is CCN(CCC#N)c1ccc([N+](=O)[O-])cc1N. The fourth-order valence-electron chi connectivity index (χ4n) is 1.58. The van der Waals surface area contributed by atoms with Gasteiger partial charge in [-0.05, 0) is 13.0 Å². The van der Waals surface area contributed by atoms with E-state index in [9.17, 15) is 10.1 Å². The summed E-state index contributed by atoms with van der Waals surface area (Å²) in [6.07, 6.45) is 0.393. The second-order valence-electron chi connectivity index (χ2n) is 3.49. The van der Waals surface area contributed by atoms with E-state index in [0.717, 1.165) is 5.69 Å². The Balaban J connectivity index is 2.97. The second-order valence-corrected chi connectivity index (χ2v) is 3.49. The molecule has 1 aromatic rings. The Hall–Kier alpha value is -2.29. The lowest BCUT2D eigenvalue weighted by molar-refractivity contribution is -0.384. The minimum absolute atomic E-state index is 0.0254. The highest BCUT2D eigenvalue weighted by Crippen LogP contribution is 2.27. The van der Waals surface area contributed by atoms with Crippen molar-refractivity contribution in [1.29, 1.82) is 5.26 Å². The Morgan fingerprint density at radius 2 is 2.29 bits per heavy atom. The summed E-state index contributed by atoms with van der Waals surface area (Å²) in [5, 5.41) is 19.1. The van der Waals surface area contributed by atoms with Crippen LogP contribution in [0.5, 0.6) is 0 Å². The third-order valence-electron chi connectivity index (χ3n) is 2.44. The van der Waals surface area contributed by atoms with E-state index in [1.165, 1.54) is 12.1 Å². The maximum atomic E-state index is 10.6. The number of rotatable bonds is 5. The Labute approximate surface area is 99.4 Å². The highest BCUT2D eigenvalue weighted by Gasteiger charge is 2.12. The Morgan fingerprint density at radius 3 is 2.76 bits per heavy atom. The van der Waals surface area contributed by atoms with Gasteiger partial charge in [-0.15, -0.1) is 0 Å². The molecule has 0 aliphatic carbocycles. The normalized spacial score (nSPS) is 9.65. The van der Waals surface area contributed by atoms with Gasteiger partial charge in [0.2, 0.25) is 0 Å². The molecule has 1 rings (SSSR count). The molecule has 0 heterocycles. The van der Waals surface area contributed by atoms with E-state index >= 15 is 0 Å². The van der Waals surface area contributed by atoms with Crippen LogP contribution >= 0.6 is 0 Å². The van der Waals surface area contributed by atoms with Crippen LogP contribution in [-0.2, 0) is 0 Å². The van der Waals surface area contributed by atoms with Gasteiger partial charge in [0, 0.05) is 25.2 Å². The number of hydrogen-bond acceptors (Lipinski definition) is 5. The molecule has 0 saturated heterocycles. The number of nitrogens with zero attached hydrogens (tertiary/aromatic N) is 3. The summed E-state index contributed by atoms with van der Waals surface area (Å²) in [6.45, 7) is 3.21. The predicted molar refractivity (Wildman–Crippen MR) is 65.6 cm³/mol. The largest absolute Gasteiger partial charge is 0.397 e. The summed E-state index contributed by atoms with van der Waals surface area (Å²) in [5.74, 6) is 0. The van der Waals surface area contributed by atoms with Gasteiger partial charge in [0.15, 0.2) is 0 Å². The molecule has 0 fully saturated rings. The first-order valence-electron chi connectivity index (χ1n) is 5.26. The van der Waals surface area contributed by atoms with Crippen molar-refractivity contribution in [3.8, 4) is 6.07 Å².